The Kier molecular flexibility index (Phi) is 3.76. The maximum absolute atomic E-state index is 12.2. The number of rotatable bonds is 4. The van der Waals surface area contributed by atoms with Crippen LogP contribution in [0.5, 0.6) is 0 Å². The van der Waals surface area contributed by atoms with Crippen molar-refractivity contribution in [3.05, 3.63) is 11.2 Å². The molecule has 1 aromatic rings. The number of thiazole rings is 1. The quantitative estimate of drug-likeness (QED) is 0.890. The molecular formula is C12H16N2O5S2. The summed E-state index contributed by atoms with van der Waals surface area (Å²) in [5, 5.41) is 0.440. The first kappa shape index (κ1) is 14.9. The van der Waals surface area contributed by atoms with Crippen LogP contribution in [0.15, 0.2) is 10.4 Å². The highest BCUT2D eigenvalue weighted by molar-refractivity contribution is 7.92. The van der Waals surface area contributed by atoms with E-state index < -0.39 is 27.6 Å². The van der Waals surface area contributed by atoms with Gasteiger partial charge in [-0.1, -0.05) is 13.3 Å². The van der Waals surface area contributed by atoms with Gasteiger partial charge in [0.1, 0.15) is 0 Å². The van der Waals surface area contributed by atoms with Gasteiger partial charge in [-0.2, -0.15) is 0 Å². The van der Waals surface area contributed by atoms with Crippen molar-refractivity contribution in [2.24, 2.45) is 5.41 Å². The average molecular weight is 332 g/mol. The molecule has 0 radical (unpaired) electrons. The summed E-state index contributed by atoms with van der Waals surface area (Å²) >= 11 is 0.952. The van der Waals surface area contributed by atoms with Gasteiger partial charge in [0.2, 0.25) is 12.2 Å². The SMILES string of the molecule is CC1(C(=O)NS(=O)(=O)c2cnc(C3OCCO3)s2)CCC1. The lowest BCUT2D eigenvalue weighted by atomic mass is 9.70. The van der Waals surface area contributed by atoms with Gasteiger partial charge in [0.15, 0.2) is 9.22 Å². The molecule has 1 saturated carbocycles. The number of ether oxygens (including phenoxy) is 2. The predicted molar refractivity (Wildman–Crippen MR) is 74.0 cm³/mol. The molecule has 1 aromatic heterocycles. The van der Waals surface area contributed by atoms with Crippen LogP contribution in [-0.4, -0.2) is 32.5 Å². The van der Waals surface area contributed by atoms with Crippen LogP contribution >= 0.6 is 11.3 Å². The molecule has 0 aromatic carbocycles. The fourth-order valence-corrected chi connectivity index (χ4v) is 4.49. The van der Waals surface area contributed by atoms with E-state index in [0.29, 0.717) is 31.1 Å². The maximum atomic E-state index is 12.2. The first-order chi connectivity index (χ1) is 9.91. The van der Waals surface area contributed by atoms with Crippen molar-refractivity contribution in [3.63, 3.8) is 0 Å². The molecule has 21 heavy (non-hydrogen) atoms. The van der Waals surface area contributed by atoms with Gasteiger partial charge >= 0.3 is 0 Å². The van der Waals surface area contributed by atoms with Crippen molar-refractivity contribution in [1.29, 1.82) is 0 Å². The van der Waals surface area contributed by atoms with E-state index in [9.17, 15) is 13.2 Å². The van der Waals surface area contributed by atoms with Crippen molar-refractivity contribution < 1.29 is 22.7 Å². The molecule has 1 amide bonds. The Bertz CT molecular complexity index is 644. The smallest absolute Gasteiger partial charge is 0.275 e. The highest BCUT2D eigenvalue weighted by Crippen LogP contribution is 2.40. The van der Waals surface area contributed by atoms with Gasteiger partial charge in [0.25, 0.3) is 10.0 Å². The first-order valence-corrected chi connectivity index (χ1v) is 8.97. The second-order valence-electron chi connectivity index (χ2n) is 5.44. The molecular weight excluding hydrogens is 316 g/mol. The van der Waals surface area contributed by atoms with Crippen LogP contribution in [0, 0.1) is 5.41 Å². The van der Waals surface area contributed by atoms with Gasteiger partial charge < -0.3 is 9.47 Å². The highest BCUT2D eigenvalue weighted by Gasteiger charge is 2.41. The summed E-state index contributed by atoms with van der Waals surface area (Å²) in [6.45, 7) is 2.70. The van der Waals surface area contributed by atoms with Crippen molar-refractivity contribution >= 4 is 27.3 Å². The Hall–Kier alpha value is -1.03. The number of hydrogen-bond donors (Lipinski definition) is 1. The summed E-state index contributed by atoms with van der Waals surface area (Å²) in [5.74, 6) is -0.447. The molecule has 2 fully saturated rings. The molecule has 3 rings (SSSR count). The fraction of sp³-hybridized carbons (Fsp3) is 0.667. The number of carbonyl (C=O) groups is 1. The lowest BCUT2D eigenvalue weighted by Gasteiger charge is -2.36. The Morgan fingerprint density at radius 1 is 1.43 bits per heavy atom. The molecule has 0 atom stereocenters. The zero-order valence-corrected chi connectivity index (χ0v) is 13.1. The van der Waals surface area contributed by atoms with Crippen LogP contribution in [0.4, 0.5) is 0 Å². The van der Waals surface area contributed by atoms with Gasteiger partial charge in [0.05, 0.1) is 19.4 Å². The average Bonchev–Trinajstić information content (AvgIpc) is 3.05. The van der Waals surface area contributed by atoms with Crippen molar-refractivity contribution in [3.8, 4) is 0 Å². The molecule has 1 saturated heterocycles. The third kappa shape index (κ3) is 2.83. The largest absolute Gasteiger partial charge is 0.344 e. The lowest BCUT2D eigenvalue weighted by Crippen LogP contribution is -2.45. The third-order valence-corrected chi connectivity index (χ3v) is 6.63. The van der Waals surface area contributed by atoms with Gasteiger partial charge in [-0.15, -0.1) is 11.3 Å². The van der Waals surface area contributed by atoms with Crippen LogP contribution in [0.2, 0.25) is 0 Å². The first-order valence-electron chi connectivity index (χ1n) is 6.67. The summed E-state index contributed by atoms with van der Waals surface area (Å²) in [6.07, 6.45) is 2.99. The van der Waals surface area contributed by atoms with Crippen molar-refractivity contribution in [2.75, 3.05) is 13.2 Å². The number of nitrogens with zero attached hydrogens (tertiary/aromatic N) is 1. The summed E-state index contributed by atoms with van der Waals surface area (Å²) in [4.78, 5) is 16.0. The van der Waals surface area contributed by atoms with E-state index in [1.807, 2.05) is 0 Å². The summed E-state index contributed by atoms with van der Waals surface area (Å²) in [7, 11) is -3.88. The summed E-state index contributed by atoms with van der Waals surface area (Å²) in [5.41, 5.74) is -0.571. The van der Waals surface area contributed by atoms with Crippen LogP contribution in [-0.2, 0) is 24.3 Å². The van der Waals surface area contributed by atoms with E-state index in [2.05, 4.69) is 9.71 Å². The van der Waals surface area contributed by atoms with E-state index in [1.54, 1.807) is 6.92 Å². The van der Waals surface area contributed by atoms with E-state index in [1.165, 1.54) is 6.20 Å². The molecule has 1 aliphatic carbocycles. The van der Waals surface area contributed by atoms with Gasteiger partial charge in [-0.3, -0.25) is 4.79 Å². The van der Waals surface area contributed by atoms with Gasteiger partial charge in [-0.25, -0.2) is 18.1 Å². The third-order valence-electron chi connectivity index (χ3n) is 3.82. The van der Waals surface area contributed by atoms with Crippen LogP contribution in [0.1, 0.15) is 37.5 Å². The number of carbonyl (C=O) groups excluding carboxylic acids is 1. The van der Waals surface area contributed by atoms with Crippen LogP contribution in [0.3, 0.4) is 0 Å². The van der Waals surface area contributed by atoms with Crippen molar-refractivity contribution in [1.82, 2.24) is 9.71 Å². The minimum atomic E-state index is -3.88. The minimum Gasteiger partial charge on any atom is -0.344 e. The molecule has 2 heterocycles. The summed E-state index contributed by atoms with van der Waals surface area (Å²) < 4.78 is 37.1. The van der Waals surface area contributed by atoms with Crippen LogP contribution in [0.25, 0.3) is 0 Å². The Balaban J connectivity index is 1.74. The number of sulfonamides is 1. The molecule has 0 spiro atoms. The molecule has 2 aliphatic rings. The normalized spacial score (nSPS) is 22.0. The molecule has 7 nitrogen and oxygen atoms in total. The number of nitrogens with one attached hydrogen (secondary N) is 1. The molecule has 0 bridgehead atoms. The number of amides is 1. The zero-order chi connectivity index (χ0) is 15.1. The monoisotopic (exact) mass is 332 g/mol. The zero-order valence-electron chi connectivity index (χ0n) is 11.5. The minimum absolute atomic E-state index is 0.00660. The Morgan fingerprint density at radius 3 is 2.67 bits per heavy atom. The Labute approximate surface area is 126 Å². The van der Waals surface area contributed by atoms with Gasteiger partial charge in [0, 0.05) is 5.41 Å². The molecule has 1 aliphatic heterocycles. The summed E-state index contributed by atoms with van der Waals surface area (Å²) in [6, 6.07) is 0. The Morgan fingerprint density at radius 2 is 2.10 bits per heavy atom. The lowest BCUT2D eigenvalue weighted by molar-refractivity contribution is -0.132. The van der Waals surface area contributed by atoms with E-state index >= 15 is 0 Å². The molecule has 0 unspecified atom stereocenters. The van der Waals surface area contributed by atoms with E-state index in [0.717, 1.165) is 17.8 Å². The fourth-order valence-electron chi connectivity index (χ4n) is 2.24. The number of aromatic nitrogens is 1. The highest BCUT2D eigenvalue weighted by atomic mass is 32.2. The van der Waals surface area contributed by atoms with E-state index in [4.69, 9.17) is 9.47 Å². The van der Waals surface area contributed by atoms with Crippen molar-refractivity contribution in [2.45, 2.75) is 36.7 Å². The topological polar surface area (TPSA) is 94.6 Å². The van der Waals surface area contributed by atoms with E-state index in [-0.39, 0.29) is 4.21 Å². The van der Waals surface area contributed by atoms with Gasteiger partial charge in [-0.05, 0) is 12.8 Å². The molecule has 9 heteroatoms. The second-order valence-corrected chi connectivity index (χ2v) is 8.41. The maximum Gasteiger partial charge on any atom is 0.275 e. The second kappa shape index (κ2) is 5.31. The molecule has 116 valence electrons. The standard InChI is InChI=1S/C12H16N2O5S2/c1-12(3-2-4-12)11(15)14-21(16,17)8-7-13-9(20-8)10-18-5-6-19-10/h7,10H,2-6H2,1H3,(H,14,15). The number of hydrogen-bond acceptors (Lipinski definition) is 7. The predicted octanol–water partition coefficient (Wildman–Crippen LogP) is 1.18. The van der Waals surface area contributed by atoms with Crippen LogP contribution < -0.4 is 4.72 Å². The molecule has 1 N–H and O–H groups in total.